The first-order valence-corrected chi connectivity index (χ1v) is 21.0. The fourth-order valence-electron chi connectivity index (χ4n) is 6.05. The largest absolute Gasteiger partial charge is 0.445 e. The zero-order chi connectivity index (χ0) is 46.9. The second-order valence-electron chi connectivity index (χ2n) is 14.9. The van der Waals surface area contributed by atoms with Crippen molar-refractivity contribution in [2.45, 2.75) is 108 Å². The van der Waals surface area contributed by atoms with Crippen LogP contribution in [0.4, 0.5) is 18.4 Å². The fraction of sp³-hybridized carbons (Fsp3) is 0.512. The second-order valence-corrected chi connectivity index (χ2v) is 15.6. The predicted octanol–water partition coefficient (Wildman–Crippen LogP) is 4.12. The maximum Gasteiger partial charge on any atom is 0.408 e. The highest BCUT2D eigenvalue weighted by Crippen LogP contribution is 2.27. The van der Waals surface area contributed by atoms with Gasteiger partial charge in [0.25, 0.3) is 34.9 Å². The topological polar surface area (TPSA) is 262 Å². The molecule has 8 N–H and O–H groups in total. The number of hydrazine groups is 2. The molecule has 0 saturated heterocycles. The Balaban J connectivity index is 0.000000436. The van der Waals surface area contributed by atoms with Gasteiger partial charge in [0.05, 0.1) is 13.1 Å². The van der Waals surface area contributed by atoms with E-state index < -0.39 is 71.0 Å². The van der Waals surface area contributed by atoms with Gasteiger partial charge in [-0.1, -0.05) is 130 Å². The van der Waals surface area contributed by atoms with E-state index in [0.29, 0.717) is 16.4 Å². The van der Waals surface area contributed by atoms with Crippen molar-refractivity contribution in [1.82, 2.24) is 31.5 Å². The number of carbonyl (C=O) groups excluding carboxylic acids is 8. The van der Waals surface area contributed by atoms with Crippen LogP contribution >= 0.6 is 23.2 Å². The van der Waals surface area contributed by atoms with Crippen LogP contribution in [0.3, 0.4) is 0 Å². The molecule has 348 valence electrons. The molecule has 1 saturated carbocycles. The molecule has 0 spiro atoms. The smallest absolute Gasteiger partial charge is 0.408 e. The molecule has 22 heteroatoms. The van der Waals surface area contributed by atoms with Gasteiger partial charge in [0.2, 0.25) is 11.8 Å². The van der Waals surface area contributed by atoms with Crippen LogP contribution in [0.25, 0.3) is 0 Å². The van der Waals surface area contributed by atoms with Crippen molar-refractivity contribution in [3.63, 3.8) is 0 Å². The monoisotopic (exact) mass is 928 g/mol. The summed E-state index contributed by atoms with van der Waals surface area (Å²) in [6, 6.07) is 15.9. The lowest BCUT2D eigenvalue weighted by molar-refractivity contribution is -0.144. The van der Waals surface area contributed by atoms with Crippen molar-refractivity contribution < 1.29 is 56.6 Å². The van der Waals surface area contributed by atoms with Crippen molar-refractivity contribution in [2.24, 2.45) is 23.3 Å². The van der Waals surface area contributed by atoms with Crippen LogP contribution in [-0.4, -0.2) is 94.1 Å². The molecule has 1 unspecified atom stereocenters. The summed E-state index contributed by atoms with van der Waals surface area (Å²) in [7, 11) is 0. The molecule has 2 aromatic rings. The van der Waals surface area contributed by atoms with E-state index >= 15 is 0 Å². The van der Waals surface area contributed by atoms with Crippen LogP contribution in [0, 0.1) is 11.8 Å². The molecular weight excluding hydrogens is 873 g/mol. The summed E-state index contributed by atoms with van der Waals surface area (Å²) < 4.78 is 36.9. The number of nitrogens with two attached hydrogens (primary N) is 2. The van der Waals surface area contributed by atoms with Gasteiger partial charge in [0.15, 0.2) is 0 Å². The Morgan fingerprint density at radius 2 is 1.06 bits per heavy atom. The number of carbonyl (C=O) groups is 8. The quantitative estimate of drug-likeness (QED) is 0.0818. The number of halogens is 4. The summed E-state index contributed by atoms with van der Waals surface area (Å²) in [5, 5.41) is 6.14. The molecule has 0 radical (unpaired) electrons. The number of amides is 8. The Morgan fingerprint density at radius 3 is 1.44 bits per heavy atom. The Labute approximate surface area is 374 Å². The molecule has 0 aliphatic heterocycles. The van der Waals surface area contributed by atoms with Gasteiger partial charge in [-0.05, 0) is 35.8 Å². The van der Waals surface area contributed by atoms with Gasteiger partial charge >= 0.3 is 12.2 Å². The van der Waals surface area contributed by atoms with Crippen molar-refractivity contribution in [3.05, 3.63) is 71.8 Å². The Bertz CT molecular complexity index is 1790. The van der Waals surface area contributed by atoms with Crippen LogP contribution in [0.1, 0.15) is 82.8 Å². The standard InChI is InChI=1S/C22H30ClFN4O5.C19H26ClFN4O5/c23-19(24)21(31)28(12-11-18(25)29)27-20(30)17(13-15-7-3-1-4-8-15)26-22(32)33-14-16-9-5-2-6-10-16;1-12(2)10-14(23-19(29)30-11-13-6-4-3-5-7-13)17(27)24-25(9-8-15(22)26)18(28)16(20)21/h2,5-6,9-10,15,17,19H,1,3-4,7-8,11-14H2,(H2,25,29)(H,26,32)(H,27,30);3-7,12,14,16H,8-11H2,1-2H3,(H2,22,26)(H,23,29)(H,24,27)/t17-,19+;14-,16?/m11/s1. The Kier molecular flexibility index (Phi) is 24.4. The van der Waals surface area contributed by atoms with Gasteiger partial charge in [-0.15, -0.1) is 0 Å². The highest BCUT2D eigenvalue weighted by Gasteiger charge is 2.31. The average molecular weight is 930 g/mol. The minimum absolute atomic E-state index is 0.00168. The third-order valence-electron chi connectivity index (χ3n) is 9.20. The summed E-state index contributed by atoms with van der Waals surface area (Å²) in [6.45, 7) is 2.93. The van der Waals surface area contributed by atoms with E-state index in [1.165, 1.54) is 0 Å². The average Bonchev–Trinajstić information content (AvgIpc) is 3.24. The van der Waals surface area contributed by atoms with E-state index in [1.54, 1.807) is 36.4 Å². The highest BCUT2D eigenvalue weighted by atomic mass is 35.5. The summed E-state index contributed by atoms with van der Waals surface area (Å²) in [5.74, 6) is -5.35. The van der Waals surface area contributed by atoms with Gasteiger partial charge < -0.3 is 31.6 Å². The first-order chi connectivity index (χ1) is 29.9. The molecule has 4 atom stereocenters. The van der Waals surface area contributed by atoms with Crippen LogP contribution < -0.4 is 33.0 Å². The van der Waals surface area contributed by atoms with Gasteiger partial charge in [0, 0.05) is 12.8 Å². The number of primary amides is 2. The molecule has 1 aliphatic carbocycles. The van der Waals surface area contributed by atoms with E-state index in [9.17, 15) is 47.1 Å². The molecule has 0 heterocycles. The maximum absolute atomic E-state index is 13.4. The van der Waals surface area contributed by atoms with Crippen molar-refractivity contribution in [3.8, 4) is 0 Å². The van der Waals surface area contributed by atoms with Gasteiger partial charge in [-0.2, -0.15) is 0 Å². The van der Waals surface area contributed by atoms with Crippen LogP contribution in [0.2, 0.25) is 0 Å². The number of benzene rings is 2. The molecule has 3 rings (SSSR count). The Hall–Kier alpha value is -5.76. The predicted molar refractivity (Wildman–Crippen MR) is 227 cm³/mol. The lowest BCUT2D eigenvalue weighted by atomic mass is 9.84. The normalized spacial score (nSPS) is 14.2. The maximum atomic E-state index is 13.4. The number of rotatable bonds is 20. The number of nitrogens with zero attached hydrogens (tertiary/aromatic N) is 2. The number of nitrogens with one attached hydrogen (secondary N) is 4. The lowest BCUT2D eigenvalue weighted by Gasteiger charge is -2.29. The Morgan fingerprint density at radius 1 is 0.667 bits per heavy atom. The van der Waals surface area contributed by atoms with E-state index in [-0.39, 0.29) is 57.4 Å². The number of hydrogen-bond donors (Lipinski definition) is 6. The van der Waals surface area contributed by atoms with Crippen LogP contribution in [0.5, 0.6) is 0 Å². The van der Waals surface area contributed by atoms with E-state index in [2.05, 4.69) is 21.5 Å². The number of alkyl carbamates (subject to hydrolysis) is 2. The zero-order valence-electron chi connectivity index (χ0n) is 35.1. The van der Waals surface area contributed by atoms with E-state index in [4.69, 9.17) is 44.1 Å². The first-order valence-electron chi connectivity index (χ1n) is 20.2. The van der Waals surface area contributed by atoms with Gasteiger partial charge in [0.1, 0.15) is 25.3 Å². The lowest BCUT2D eigenvalue weighted by Crippen LogP contribution is -2.56. The third kappa shape index (κ3) is 22.2. The molecule has 1 fully saturated rings. The summed E-state index contributed by atoms with van der Waals surface area (Å²) in [4.78, 5) is 96.0. The summed E-state index contributed by atoms with van der Waals surface area (Å²) >= 11 is 10.4. The number of ether oxygens (including phenoxy) is 2. The molecular formula is C41H56Cl2F2N8O10. The van der Waals surface area contributed by atoms with E-state index in [1.807, 2.05) is 38.1 Å². The molecule has 2 aromatic carbocycles. The molecule has 63 heavy (non-hydrogen) atoms. The summed E-state index contributed by atoms with van der Waals surface area (Å²) in [5.41, 5.74) is 11.3. The molecule has 18 nitrogen and oxygen atoms in total. The molecule has 0 aromatic heterocycles. The van der Waals surface area contributed by atoms with Gasteiger partial charge in [-0.25, -0.2) is 28.4 Å². The minimum atomic E-state index is -2.43. The highest BCUT2D eigenvalue weighted by molar-refractivity contribution is 6.29. The van der Waals surface area contributed by atoms with Gasteiger partial charge in [-0.3, -0.25) is 39.6 Å². The van der Waals surface area contributed by atoms with E-state index in [0.717, 1.165) is 43.2 Å². The molecule has 1 aliphatic rings. The van der Waals surface area contributed by atoms with Crippen LogP contribution in [0.15, 0.2) is 60.7 Å². The third-order valence-corrected chi connectivity index (χ3v) is 9.58. The molecule has 0 bridgehead atoms. The SMILES string of the molecule is CC(C)C[C@@H](NC(=O)OCc1ccccc1)C(=O)NN(CCC(N)=O)C(=O)C(F)Cl.NC(=O)CCN(NC(=O)[C@@H](CC1CCCCC1)NC(=O)OCc1ccccc1)C(=O)[C@H](F)Cl. The zero-order valence-corrected chi connectivity index (χ0v) is 36.6. The van der Waals surface area contributed by atoms with Crippen molar-refractivity contribution in [1.29, 1.82) is 0 Å². The van der Waals surface area contributed by atoms with Crippen molar-refractivity contribution in [2.75, 3.05) is 13.1 Å². The van der Waals surface area contributed by atoms with Crippen LogP contribution in [-0.2, 0) is 51.5 Å². The second kappa shape index (κ2) is 28.8. The number of hydrogen-bond acceptors (Lipinski definition) is 10. The molecule has 8 amide bonds. The fourth-order valence-corrected chi connectivity index (χ4v) is 6.28. The minimum Gasteiger partial charge on any atom is -0.445 e. The first kappa shape index (κ1) is 53.4. The van der Waals surface area contributed by atoms with Crippen molar-refractivity contribution >= 4 is 70.8 Å². The summed E-state index contributed by atoms with van der Waals surface area (Å²) in [6.07, 6.45) is 3.24. The number of alkyl halides is 4.